The van der Waals surface area contributed by atoms with Crippen LogP contribution in [0, 0.1) is 0 Å². The molecule has 1 fully saturated rings. The van der Waals surface area contributed by atoms with Crippen LogP contribution in [-0.2, 0) is 10.2 Å². The highest BCUT2D eigenvalue weighted by atomic mass is 16.1. The molecule has 0 spiro atoms. The molecule has 2 nitrogen and oxygen atoms in total. The van der Waals surface area contributed by atoms with Crippen LogP contribution in [0.15, 0.2) is 30.3 Å². The van der Waals surface area contributed by atoms with E-state index in [-0.39, 0.29) is 5.41 Å². The molecule has 2 rings (SSSR count). The topological polar surface area (TPSA) is 29.1 Å². The summed E-state index contributed by atoms with van der Waals surface area (Å²) < 4.78 is 0. The van der Waals surface area contributed by atoms with E-state index in [2.05, 4.69) is 35.6 Å². The second kappa shape index (κ2) is 5.46. The Hall–Kier alpha value is -1.15. The summed E-state index contributed by atoms with van der Waals surface area (Å²) in [5, 5.41) is 3.41. The van der Waals surface area contributed by atoms with Crippen molar-refractivity contribution in [1.82, 2.24) is 5.32 Å². The quantitative estimate of drug-likeness (QED) is 0.863. The molecular formula is C15H21NO. The van der Waals surface area contributed by atoms with Gasteiger partial charge in [-0.05, 0) is 50.3 Å². The Morgan fingerprint density at radius 1 is 1.24 bits per heavy atom. The fraction of sp³-hybridized carbons (Fsp3) is 0.533. The van der Waals surface area contributed by atoms with Crippen LogP contribution in [-0.4, -0.2) is 18.9 Å². The maximum Gasteiger partial charge on any atom is 0.129 e. The SMILES string of the molecule is CC(=O)CCC1(c2ccccc2)CCNCC1. The van der Waals surface area contributed by atoms with Crippen molar-refractivity contribution in [3.05, 3.63) is 35.9 Å². The Bertz CT molecular complexity index is 366. The summed E-state index contributed by atoms with van der Waals surface area (Å²) >= 11 is 0. The number of carbonyl (C=O) groups is 1. The Balaban J connectivity index is 2.20. The number of carbonyl (C=O) groups excluding carboxylic acids is 1. The zero-order chi connectivity index (χ0) is 12.1. The maximum atomic E-state index is 11.2. The van der Waals surface area contributed by atoms with Crippen LogP contribution in [0.3, 0.4) is 0 Å². The van der Waals surface area contributed by atoms with Gasteiger partial charge in [0, 0.05) is 6.42 Å². The molecule has 17 heavy (non-hydrogen) atoms. The summed E-state index contributed by atoms with van der Waals surface area (Å²) in [6.07, 6.45) is 3.98. The largest absolute Gasteiger partial charge is 0.317 e. The molecule has 1 saturated heterocycles. The lowest BCUT2D eigenvalue weighted by molar-refractivity contribution is -0.117. The van der Waals surface area contributed by atoms with E-state index < -0.39 is 0 Å². The highest BCUT2D eigenvalue weighted by Crippen LogP contribution is 2.37. The molecular weight excluding hydrogens is 210 g/mol. The average molecular weight is 231 g/mol. The number of nitrogens with one attached hydrogen (secondary N) is 1. The van der Waals surface area contributed by atoms with Crippen LogP contribution in [0.1, 0.15) is 38.2 Å². The Labute approximate surface area is 103 Å². The van der Waals surface area contributed by atoms with Gasteiger partial charge >= 0.3 is 0 Å². The van der Waals surface area contributed by atoms with Crippen molar-refractivity contribution >= 4 is 5.78 Å². The predicted octanol–water partition coefficient (Wildman–Crippen LogP) is 2.68. The van der Waals surface area contributed by atoms with Crippen molar-refractivity contribution < 1.29 is 4.79 Å². The Kier molecular flexibility index (Phi) is 3.95. The summed E-state index contributed by atoms with van der Waals surface area (Å²) in [5.41, 5.74) is 1.63. The molecule has 0 radical (unpaired) electrons. The first kappa shape index (κ1) is 12.3. The minimum atomic E-state index is 0.220. The van der Waals surface area contributed by atoms with Gasteiger partial charge in [-0.25, -0.2) is 0 Å². The molecule has 0 amide bonds. The van der Waals surface area contributed by atoms with Crippen LogP contribution >= 0.6 is 0 Å². The zero-order valence-corrected chi connectivity index (χ0v) is 10.5. The highest BCUT2D eigenvalue weighted by molar-refractivity contribution is 5.75. The van der Waals surface area contributed by atoms with Gasteiger partial charge in [0.15, 0.2) is 0 Å². The van der Waals surface area contributed by atoms with Gasteiger partial charge in [0.05, 0.1) is 0 Å². The summed E-state index contributed by atoms with van der Waals surface area (Å²) in [5.74, 6) is 0.304. The second-order valence-electron chi connectivity index (χ2n) is 5.10. The first-order valence-electron chi connectivity index (χ1n) is 6.49. The summed E-state index contributed by atoms with van der Waals surface area (Å²) in [6.45, 7) is 3.82. The standard InChI is InChI=1S/C15H21NO/c1-13(17)7-8-15(9-11-16-12-10-15)14-5-3-2-4-6-14/h2-6,16H,7-12H2,1H3. The van der Waals surface area contributed by atoms with E-state index in [0.29, 0.717) is 12.2 Å². The first-order valence-corrected chi connectivity index (χ1v) is 6.49. The van der Waals surface area contributed by atoms with Crippen LogP contribution in [0.5, 0.6) is 0 Å². The smallest absolute Gasteiger partial charge is 0.129 e. The van der Waals surface area contributed by atoms with Gasteiger partial charge in [0.1, 0.15) is 5.78 Å². The van der Waals surface area contributed by atoms with Gasteiger partial charge < -0.3 is 10.1 Å². The molecule has 0 atom stereocenters. The number of hydrogen-bond donors (Lipinski definition) is 1. The molecule has 92 valence electrons. The third-order valence-electron chi connectivity index (χ3n) is 3.90. The van der Waals surface area contributed by atoms with Crippen LogP contribution in [0.2, 0.25) is 0 Å². The van der Waals surface area contributed by atoms with Gasteiger partial charge in [0.25, 0.3) is 0 Å². The molecule has 0 bridgehead atoms. The van der Waals surface area contributed by atoms with Crippen LogP contribution in [0.4, 0.5) is 0 Å². The minimum absolute atomic E-state index is 0.220. The third-order valence-corrected chi connectivity index (χ3v) is 3.90. The number of hydrogen-bond acceptors (Lipinski definition) is 2. The fourth-order valence-corrected chi connectivity index (χ4v) is 2.80. The van der Waals surface area contributed by atoms with Crippen molar-refractivity contribution in [3.8, 4) is 0 Å². The fourth-order valence-electron chi connectivity index (χ4n) is 2.80. The molecule has 1 heterocycles. The third kappa shape index (κ3) is 2.95. The normalized spacial score (nSPS) is 18.9. The molecule has 0 unspecified atom stereocenters. The monoisotopic (exact) mass is 231 g/mol. The lowest BCUT2D eigenvalue weighted by Gasteiger charge is -2.38. The van der Waals surface area contributed by atoms with E-state index >= 15 is 0 Å². The van der Waals surface area contributed by atoms with Crippen molar-refractivity contribution in [2.24, 2.45) is 0 Å². The first-order chi connectivity index (χ1) is 8.23. The summed E-state index contributed by atoms with van der Waals surface area (Å²) in [7, 11) is 0. The number of piperidine rings is 1. The van der Waals surface area contributed by atoms with Crippen molar-refractivity contribution in [1.29, 1.82) is 0 Å². The van der Waals surface area contributed by atoms with Gasteiger partial charge in [-0.1, -0.05) is 30.3 Å². The molecule has 1 aromatic carbocycles. The number of benzene rings is 1. The summed E-state index contributed by atoms with van der Waals surface area (Å²) in [4.78, 5) is 11.2. The minimum Gasteiger partial charge on any atom is -0.317 e. The van der Waals surface area contributed by atoms with Crippen molar-refractivity contribution in [2.75, 3.05) is 13.1 Å². The lowest BCUT2D eigenvalue weighted by atomic mass is 9.70. The van der Waals surface area contributed by atoms with E-state index in [1.54, 1.807) is 6.92 Å². The number of rotatable bonds is 4. The van der Waals surface area contributed by atoms with E-state index in [1.807, 2.05) is 0 Å². The zero-order valence-electron chi connectivity index (χ0n) is 10.5. The van der Waals surface area contributed by atoms with Gasteiger partial charge in [0.2, 0.25) is 0 Å². The van der Waals surface area contributed by atoms with Crippen molar-refractivity contribution in [2.45, 2.75) is 38.0 Å². The molecule has 1 aliphatic rings. The predicted molar refractivity (Wildman–Crippen MR) is 70.1 cm³/mol. The maximum absolute atomic E-state index is 11.2. The molecule has 1 aliphatic heterocycles. The Morgan fingerprint density at radius 3 is 2.47 bits per heavy atom. The molecule has 1 aromatic rings. The molecule has 0 aliphatic carbocycles. The lowest BCUT2D eigenvalue weighted by Crippen LogP contribution is -2.40. The summed E-state index contributed by atoms with van der Waals surface area (Å²) in [6, 6.07) is 10.7. The average Bonchev–Trinajstić information content (AvgIpc) is 2.39. The number of Topliss-reactive ketones (excluding diaryl/α,β-unsaturated/α-hetero) is 1. The van der Waals surface area contributed by atoms with Crippen LogP contribution in [0.25, 0.3) is 0 Å². The van der Waals surface area contributed by atoms with E-state index in [0.717, 1.165) is 32.4 Å². The van der Waals surface area contributed by atoms with Gasteiger partial charge in [-0.2, -0.15) is 0 Å². The van der Waals surface area contributed by atoms with E-state index in [1.165, 1.54) is 5.56 Å². The van der Waals surface area contributed by atoms with Gasteiger partial charge in [-0.15, -0.1) is 0 Å². The molecule has 2 heteroatoms. The number of ketones is 1. The Morgan fingerprint density at radius 2 is 1.88 bits per heavy atom. The second-order valence-corrected chi connectivity index (χ2v) is 5.10. The van der Waals surface area contributed by atoms with Gasteiger partial charge in [-0.3, -0.25) is 0 Å². The van der Waals surface area contributed by atoms with E-state index in [4.69, 9.17) is 0 Å². The molecule has 0 aromatic heterocycles. The molecule has 1 N–H and O–H groups in total. The highest BCUT2D eigenvalue weighted by Gasteiger charge is 2.33. The van der Waals surface area contributed by atoms with E-state index in [9.17, 15) is 4.79 Å². The molecule has 0 saturated carbocycles. The van der Waals surface area contributed by atoms with Crippen molar-refractivity contribution in [3.63, 3.8) is 0 Å². The van der Waals surface area contributed by atoms with Crippen LogP contribution < -0.4 is 5.32 Å².